The predicted molar refractivity (Wildman–Crippen MR) is 72.4 cm³/mol. The van der Waals surface area contributed by atoms with Crippen LogP contribution < -0.4 is 16.4 Å². The van der Waals surface area contributed by atoms with Gasteiger partial charge in [-0.05, 0) is 12.3 Å². The van der Waals surface area contributed by atoms with Crippen LogP contribution in [0.15, 0.2) is 30.5 Å². The van der Waals surface area contributed by atoms with Crippen molar-refractivity contribution < 1.29 is 4.79 Å². The Morgan fingerprint density at radius 2 is 2.00 bits per heavy atom. The number of nitrogens with one attached hydrogen (secondary N) is 2. The van der Waals surface area contributed by atoms with E-state index in [0.717, 1.165) is 22.2 Å². The number of benzene rings is 1. The highest BCUT2D eigenvalue weighted by Crippen LogP contribution is 2.27. The lowest BCUT2D eigenvalue weighted by Crippen LogP contribution is -2.31. The maximum absolute atomic E-state index is 10.9. The molecule has 1 atom stereocenters. The summed E-state index contributed by atoms with van der Waals surface area (Å²) in [6.45, 7) is 1.88. The molecule has 1 heterocycles. The Kier molecular flexibility index (Phi) is 3.32. The molecule has 4 N–H and O–H groups in total. The minimum absolute atomic E-state index is 0.175. The van der Waals surface area contributed by atoms with Crippen molar-refractivity contribution in [3.8, 4) is 0 Å². The molecule has 1 aromatic carbocycles. The number of pyridine rings is 1. The Balaban J connectivity index is 2.55. The fourth-order valence-electron chi connectivity index (χ4n) is 2.05. The lowest BCUT2D eigenvalue weighted by atomic mass is 10.0. The number of aromatic nitrogens is 1. The first-order valence-electron chi connectivity index (χ1n) is 5.75. The summed E-state index contributed by atoms with van der Waals surface area (Å²) >= 11 is 0. The van der Waals surface area contributed by atoms with Gasteiger partial charge in [0.1, 0.15) is 5.82 Å². The summed E-state index contributed by atoms with van der Waals surface area (Å²) in [5.41, 5.74) is 6.10. The van der Waals surface area contributed by atoms with E-state index in [4.69, 9.17) is 5.73 Å². The Labute approximate surface area is 105 Å². The molecule has 94 valence electrons. The van der Waals surface area contributed by atoms with Gasteiger partial charge in [0.25, 0.3) is 0 Å². The number of carbonyl (C=O) groups excluding carboxylic acids is 1. The third-order valence-corrected chi connectivity index (χ3v) is 2.89. The summed E-state index contributed by atoms with van der Waals surface area (Å²) < 4.78 is 0. The van der Waals surface area contributed by atoms with E-state index in [2.05, 4.69) is 15.6 Å². The van der Waals surface area contributed by atoms with Gasteiger partial charge in [0.15, 0.2) is 0 Å². The van der Waals surface area contributed by atoms with Crippen LogP contribution in [0.25, 0.3) is 10.8 Å². The summed E-state index contributed by atoms with van der Waals surface area (Å²) in [6.07, 6.45) is 1.76. The van der Waals surface area contributed by atoms with Gasteiger partial charge in [-0.25, -0.2) is 9.78 Å². The van der Waals surface area contributed by atoms with Gasteiger partial charge in [-0.3, -0.25) is 0 Å². The molecule has 0 saturated carbocycles. The first-order chi connectivity index (χ1) is 8.63. The molecule has 18 heavy (non-hydrogen) atoms. The van der Waals surface area contributed by atoms with Crippen LogP contribution in [-0.2, 0) is 0 Å². The van der Waals surface area contributed by atoms with E-state index in [9.17, 15) is 4.79 Å². The van der Waals surface area contributed by atoms with Crippen LogP contribution in [-0.4, -0.2) is 18.1 Å². The number of hydrogen-bond donors (Lipinski definition) is 3. The van der Waals surface area contributed by atoms with Crippen molar-refractivity contribution in [3.05, 3.63) is 36.0 Å². The van der Waals surface area contributed by atoms with Crippen LogP contribution in [0.5, 0.6) is 0 Å². The molecule has 0 radical (unpaired) electrons. The highest BCUT2D eigenvalue weighted by molar-refractivity contribution is 5.94. The van der Waals surface area contributed by atoms with E-state index in [1.54, 1.807) is 6.20 Å². The topological polar surface area (TPSA) is 80.0 Å². The monoisotopic (exact) mass is 244 g/mol. The number of anilines is 1. The zero-order valence-electron chi connectivity index (χ0n) is 10.4. The Bertz CT molecular complexity index is 582. The molecule has 5 heteroatoms. The van der Waals surface area contributed by atoms with Crippen molar-refractivity contribution in [1.29, 1.82) is 0 Å². The van der Waals surface area contributed by atoms with Crippen LogP contribution in [0.3, 0.4) is 0 Å². The molecule has 0 aliphatic heterocycles. The van der Waals surface area contributed by atoms with Gasteiger partial charge in [-0.2, -0.15) is 0 Å². The molecule has 0 aliphatic rings. The van der Waals surface area contributed by atoms with Crippen molar-refractivity contribution >= 4 is 22.6 Å². The molecule has 0 fully saturated rings. The molecule has 1 aromatic heterocycles. The number of hydrogen-bond acceptors (Lipinski definition) is 3. The first kappa shape index (κ1) is 12.2. The lowest BCUT2D eigenvalue weighted by molar-refractivity contribution is 0.246. The molecule has 1 unspecified atom stereocenters. The van der Waals surface area contributed by atoms with Crippen molar-refractivity contribution in [2.45, 2.75) is 13.0 Å². The lowest BCUT2D eigenvalue weighted by Gasteiger charge is -2.16. The normalized spacial score (nSPS) is 12.1. The molecule has 2 rings (SSSR count). The van der Waals surface area contributed by atoms with Gasteiger partial charge in [-0.15, -0.1) is 0 Å². The number of nitrogens with zero attached hydrogens (tertiary/aromatic N) is 1. The number of fused-ring (bicyclic) bond motifs is 1. The van der Waals surface area contributed by atoms with Crippen molar-refractivity contribution in [2.24, 2.45) is 5.73 Å². The zero-order valence-corrected chi connectivity index (χ0v) is 10.4. The average molecular weight is 244 g/mol. The highest BCUT2D eigenvalue weighted by atomic mass is 16.2. The Hall–Kier alpha value is -2.30. The number of amides is 2. The fourth-order valence-corrected chi connectivity index (χ4v) is 2.05. The van der Waals surface area contributed by atoms with Gasteiger partial charge in [0, 0.05) is 24.2 Å². The van der Waals surface area contributed by atoms with Gasteiger partial charge in [0.2, 0.25) is 0 Å². The van der Waals surface area contributed by atoms with E-state index in [1.807, 2.05) is 38.2 Å². The number of urea groups is 1. The van der Waals surface area contributed by atoms with Crippen molar-refractivity contribution in [3.63, 3.8) is 0 Å². The minimum Gasteiger partial charge on any atom is -0.373 e. The maximum atomic E-state index is 10.9. The molecule has 2 aromatic rings. The quantitative estimate of drug-likeness (QED) is 0.772. The highest BCUT2D eigenvalue weighted by Gasteiger charge is 2.12. The molecule has 5 nitrogen and oxygen atoms in total. The van der Waals surface area contributed by atoms with Crippen molar-refractivity contribution in [1.82, 2.24) is 10.3 Å². The summed E-state index contributed by atoms with van der Waals surface area (Å²) in [7, 11) is 1.83. The fraction of sp³-hybridized carbons (Fsp3) is 0.231. The number of rotatable bonds is 3. The molecule has 0 saturated heterocycles. The predicted octanol–water partition coefficient (Wildman–Crippen LogP) is 2.01. The van der Waals surface area contributed by atoms with Gasteiger partial charge in [-0.1, -0.05) is 24.3 Å². The Morgan fingerprint density at radius 1 is 1.33 bits per heavy atom. The van der Waals surface area contributed by atoms with Crippen LogP contribution >= 0.6 is 0 Å². The van der Waals surface area contributed by atoms with Crippen LogP contribution in [0.2, 0.25) is 0 Å². The van der Waals surface area contributed by atoms with E-state index in [1.165, 1.54) is 0 Å². The molecule has 0 aliphatic carbocycles. The summed E-state index contributed by atoms with van der Waals surface area (Å²) in [6, 6.07) is 7.21. The second-order valence-corrected chi connectivity index (χ2v) is 4.09. The van der Waals surface area contributed by atoms with E-state index < -0.39 is 6.03 Å². The number of primary amides is 1. The Morgan fingerprint density at radius 3 is 2.61 bits per heavy atom. The second kappa shape index (κ2) is 4.91. The van der Waals surface area contributed by atoms with Gasteiger partial charge in [0.05, 0.1) is 6.04 Å². The van der Waals surface area contributed by atoms with E-state index in [-0.39, 0.29) is 6.04 Å². The molecular formula is C13H16N4O. The maximum Gasteiger partial charge on any atom is 0.312 e. The molecule has 0 bridgehead atoms. The van der Waals surface area contributed by atoms with Gasteiger partial charge < -0.3 is 16.4 Å². The molecule has 2 amide bonds. The van der Waals surface area contributed by atoms with E-state index >= 15 is 0 Å². The SMILES string of the molecule is CNc1ncc(C(C)NC(N)=O)c2ccccc12. The summed E-state index contributed by atoms with van der Waals surface area (Å²) in [5.74, 6) is 0.820. The summed E-state index contributed by atoms with van der Waals surface area (Å²) in [5, 5.41) is 7.80. The summed E-state index contributed by atoms with van der Waals surface area (Å²) in [4.78, 5) is 15.3. The average Bonchev–Trinajstić information content (AvgIpc) is 2.36. The third kappa shape index (κ3) is 2.20. The molecule has 0 spiro atoms. The third-order valence-electron chi connectivity index (χ3n) is 2.89. The minimum atomic E-state index is -0.538. The van der Waals surface area contributed by atoms with Crippen LogP contribution in [0, 0.1) is 0 Å². The largest absolute Gasteiger partial charge is 0.373 e. The second-order valence-electron chi connectivity index (χ2n) is 4.09. The van der Waals surface area contributed by atoms with Crippen LogP contribution in [0.4, 0.5) is 10.6 Å². The zero-order chi connectivity index (χ0) is 13.1. The standard InChI is InChI=1S/C13H16N4O/c1-8(17-13(14)18)11-7-16-12(15-2)10-6-4-3-5-9(10)11/h3-8H,1-2H3,(H,15,16)(H3,14,17,18). The van der Waals surface area contributed by atoms with Crippen molar-refractivity contribution in [2.75, 3.05) is 12.4 Å². The first-order valence-corrected chi connectivity index (χ1v) is 5.75. The molecular weight excluding hydrogens is 228 g/mol. The van der Waals surface area contributed by atoms with Crippen LogP contribution in [0.1, 0.15) is 18.5 Å². The smallest absolute Gasteiger partial charge is 0.312 e. The number of nitrogens with two attached hydrogens (primary N) is 1. The van der Waals surface area contributed by atoms with E-state index in [0.29, 0.717) is 0 Å². The van der Waals surface area contributed by atoms with Gasteiger partial charge >= 0.3 is 6.03 Å². The number of carbonyl (C=O) groups is 1.